The first kappa shape index (κ1) is 7.40. The van der Waals surface area contributed by atoms with Crippen LogP contribution in [0.3, 0.4) is 0 Å². The summed E-state index contributed by atoms with van der Waals surface area (Å²) in [6, 6.07) is 1.99. The highest BCUT2D eigenvalue weighted by molar-refractivity contribution is 5.59. The molecule has 1 aromatic rings. The van der Waals surface area contributed by atoms with E-state index in [0.717, 1.165) is 25.1 Å². The molecule has 0 radical (unpaired) electrons. The van der Waals surface area contributed by atoms with Gasteiger partial charge in [-0.25, -0.2) is 9.97 Å². The smallest absolute Gasteiger partial charge is 0.115 e. The van der Waals surface area contributed by atoms with Gasteiger partial charge in [0.1, 0.15) is 6.33 Å². The minimum atomic E-state index is 0.561. The molecule has 0 bridgehead atoms. The van der Waals surface area contributed by atoms with Gasteiger partial charge in [0.15, 0.2) is 0 Å². The van der Waals surface area contributed by atoms with E-state index >= 15 is 0 Å². The number of aromatic nitrogens is 2. The van der Waals surface area contributed by atoms with Gasteiger partial charge in [0.25, 0.3) is 0 Å². The van der Waals surface area contributed by atoms with E-state index in [-0.39, 0.29) is 0 Å². The van der Waals surface area contributed by atoms with E-state index in [9.17, 15) is 0 Å². The van der Waals surface area contributed by atoms with Crippen molar-refractivity contribution >= 4 is 6.21 Å². The molecule has 0 aromatic carbocycles. The molecule has 0 aliphatic carbocycles. The van der Waals surface area contributed by atoms with Crippen LogP contribution in [-0.4, -0.2) is 22.7 Å². The lowest BCUT2D eigenvalue weighted by Gasteiger charge is -2.15. The van der Waals surface area contributed by atoms with Gasteiger partial charge in [0, 0.05) is 24.4 Å². The average Bonchev–Trinajstić information content (AvgIpc) is 2.21. The molecule has 0 amide bonds. The molecule has 1 unspecified atom stereocenters. The van der Waals surface area contributed by atoms with Gasteiger partial charge in [0.2, 0.25) is 0 Å². The molecule has 1 atom stereocenters. The maximum absolute atomic E-state index is 4.23. The number of hydrogen-bond acceptors (Lipinski definition) is 3. The Labute approximate surface area is 71.6 Å². The van der Waals surface area contributed by atoms with Crippen LogP contribution in [0.2, 0.25) is 0 Å². The summed E-state index contributed by atoms with van der Waals surface area (Å²) in [5.74, 6) is 0.561. The minimum Gasteiger partial charge on any atom is -0.297 e. The highest BCUT2D eigenvalue weighted by Crippen LogP contribution is 2.22. The summed E-state index contributed by atoms with van der Waals surface area (Å²) in [5, 5.41) is 0. The second-order valence-electron chi connectivity index (χ2n) is 2.94. The summed E-state index contributed by atoms with van der Waals surface area (Å²) in [4.78, 5) is 12.3. The van der Waals surface area contributed by atoms with Crippen molar-refractivity contribution in [1.82, 2.24) is 9.97 Å². The molecular weight excluding hydrogens is 150 g/mol. The molecular formula is C9H11N3. The van der Waals surface area contributed by atoms with Gasteiger partial charge in [-0.15, -0.1) is 0 Å². The van der Waals surface area contributed by atoms with Crippen molar-refractivity contribution in [1.29, 1.82) is 0 Å². The summed E-state index contributed by atoms with van der Waals surface area (Å²) >= 11 is 0. The lowest BCUT2D eigenvalue weighted by molar-refractivity contribution is 0.619. The summed E-state index contributed by atoms with van der Waals surface area (Å²) in [7, 11) is 0. The predicted molar refractivity (Wildman–Crippen MR) is 47.4 cm³/mol. The Hall–Kier alpha value is -1.25. The molecule has 0 spiro atoms. The molecule has 2 heterocycles. The van der Waals surface area contributed by atoms with E-state index in [2.05, 4.69) is 15.0 Å². The summed E-state index contributed by atoms with van der Waals surface area (Å²) < 4.78 is 0. The van der Waals surface area contributed by atoms with E-state index in [0.29, 0.717) is 5.92 Å². The first-order valence-electron chi connectivity index (χ1n) is 4.21. The summed E-state index contributed by atoms with van der Waals surface area (Å²) in [6.45, 7) is 0.939. The third kappa shape index (κ3) is 1.49. The van der Waals surface area contributed by atoms with Crippen molar-refractivity contribution in [2.75, 3.05) is 6.54 Å². The molecule has 0 saturated heterocycles. The molecule has 1 aliphatic heterocycles. The summed E-state index contributed by atoms with van der Waals surface area (Å²) in [5.41, 5.74) is 1.15. The van der Waals surface area contributed by atoms with Gasteiger partial charge >= 0.3 is 0 Å². The third-order valence-corrected chi connectivity index (χ3v) is 2.15. The number of aliphatic imine (C=N–C) groups is 1. The second kappa shape index (κ2) is 3.43. The van der Waals surface area contributed by atoms with Gasteiger partial charge in [-0.3, -0.25) is 4.99 Å². The fraction of sp³-hybridized carbons (Fsp3) is 0.444. The number of rotatable bonds is 1. The fourth-order valence-corrected chi connectivity index (χ4v) is 1.45. The van der Waals surface area contributed by atoms with Crippen LogP contribution in [0.5, 0.6) is 0 Å². The van der Waals surface area contributed by atoms with Crippen molar-refractivity contribution in [2.45, 2.75) is 18.8 Å². The Kier molecular flexibility index (Phi) is 2.12. The zero-order valence-corrected chi connectivity index (χ0v) is 6.85. The van der Waals surface area contributed by atoms with Crippen molar-refractivity contribution in [3.63, 3.8) is 0 Å². The molecule has 0 fully saturated rings. The zero-order chi connectivity index (χ0) is 8.23. The molecule has 3 nitrogen and oxygen atoms in total. The van der Waals surface area contributed by atoms with Gasteiger partial charge < -0.3 is 0 Å². The molecule has 62 valence electrons. The zero-order valence-electron chi connectivity index (χ0n) is 6.85. The molecule has 1 aliphatic rings. The quantitative estimate of drug-likeness (QED) is 0.624. The Morgan fingerprint density at radius 2 is 2.42 bits per heavy atom. The van der Waals surface area contributed by atoms with E-state index < -0.39 is 0 Å². The Bertz CT molecular complexity index is 268. The molecule has 2 rings (SSSR count). The average molecular weight is 161 g/mol. The highest BCUT2D eigenvalue weighted by Gasteiger charge is 2.13. The Morgan fingerprint density at radius 3 is 3.08 bits per heavy atom. The van der Waals surface area contributed by atoms with Crippen molar-refractivity contribution in [3.05, 3.63) is 24.3 Å². The van der Waals surface area contributed by atoms with Gasteiger partial charge in [-0.1, -0.05) is 0 Å². The van der Waals surface area contributed by atoms with Crippen molar-refractivity contribution < 1.29 is 0 Å². The second-order valence-corrected chi connectivity index (χ2v) is 2.94. The van der Waals surface area contributed by atoms with Crippen LogP contribution in [0.4, 0.5) is 0 Å². The first-order valence-corrected chi connectivity index (χ1v) is 4.21. The lowest BCUT2D eigenvalue weighted by atomic mass is 9.96. The number of nitrogens with zero attached hydrogens (tertiary/aromatic N) is 3. The predicted octanol–water partition coefficient (Wildman–Crippen LogP) is 1.42. The maximum Gasteiger partial charge on any atom is 0.115 e. The van der Waals surface area contributed by atoms with Crippen LogP contribution < -0.4 is 0 Å². The van der Waals surface area contributed by atoms with Gasteiger partial charge in [0.05, 0.1) is 0 Å². The highest BCUT2D eigenvalue weighted by atomic mass is 14.8. The fourth-order valence-electron chi connectivity index (χ4n) is 1.45. The lowest BCUT2D eigenvalue weighted by Crippen LogP contribution is -2.08. The van der Waals surface area contributed by atoms with Crippen LogP contribution in [0, 0.1) is 0 Å². The SMILES string of the molecule is C1=NCCC(c2ccncn2)C1. The first-order chi connectivity index (χ1) is 5.97. The van der Waals surface area contributed by atoms with Gasteiger partial charge in [-0.05, 0) is 25.1 Å². The standard InChI is InChI=1S/C9H11N3/c1-4-10-5-2-8(1)9-3-6-11-7-12-9/h3-4,6-8H,1-2,5H2. The van der Waals surface area contributed by atoms with Crippen LogP contribution in [0.1, 0.15) is 24.5 Å². The largest absolute Gasteiger partial charge is 0.297 e. The summed E-state index contributed by atoms with van der Waals surface area (Å²) in [6.07, 6.45) is 7.55. The van der Waals surface area contributed by atoms with E-state index in [1.54, 1.807) is 12.5 Å². The van der Waals surface area contributed by atoms with E-state index in [1.807, 2.05) is 12.3 Å². The molecule has 3 heteroatoms. The molecule has 12 heavy (non-hydrogen) atoms. The van der Waals surface area contributed by atoms with E-state index in [1.165, 1.54) is 0 Å². The van der Waals surface area contributed by atoms with Crippen molar-refractivity contribution in [3.8, 4) is 0 Å². The monoisotopic (exact) mass is 161 g/mol. The van der Waals surface area contributed by atoms with Crippen molar-refractivity contribution in [2.24, 2.45) is 4.99 Å². The van der Waals surface area contributed by atoms with Crippen LogP contribution in [0.25, 0.3) is 0 Å². The molecule has 0 N–H and O–H groups in total. The van der Waals surface area contributed by atoms with Crippen LogP contribution in [0.15, 0.2) is 23.6 Å². The maximum atomic E-state index is 4.23. The van der Waals surface area contributed by atoms with Crippen LogP contribution in [-0.2, 0) is 0 Å². The molecule has 0 saturated carbocycles. The topological polar surface area (TPSA) is 38.1 Å². The third-order valence-electron chi connectivity index (χ3n) is 2.15. The molecule has 1 aromatic heterocycles. The number of hydrogen-bond donors (Lipinski definition) is 0. The van der Waals surface area contributed by atoms with Crippen LogP contribution >= 0.6 is 0 Å². The normalized spacial score (nSPS) is 22.5. The minimum absolute atomic E-state index is 0.561. The van der Waals surface area contributed by atoms with E-state index in [4.69, 9.17) is 0 Å². The Balaban J connectivity index is 2.15. The Morgan fingerprint density at radius 1 is 1.42 bits per heavy atom. The van der Waals surface area contributed by atoms with Gasteiger partial charge in [-0.2, -0.15) is 0 Å².